The van der Waals surface area contributed by atoms with Crippen molar-refractivity contribution in [2.45, 2.75) is 34.6 Å². The van der Waals surface area contributed by atoms with Gasteiger partial charge in [-0.2, -0.15) is 0 Å². The molecular weight excluding hydrogens is 304 g/mol. The lowest BCUT2D eigenvalue weighted by Crippen LogP contribution is -1.87. The average molecular weight is 329 g/mol. The Labute approximate surface area is 151 Å². The van der Waals surface area contributed by atoms with Crippen LogP contribution in [0.2, 0.25) is 0 Å². The Kier molecular flexibility index (Phi) is 4.43. The average Bonchev–Trinajstić information content (AvgIpc) is 2.54. The number of fused-ring (bicyclic) bond motifs is 2. The molecule has 0 aliphatic carbocycles. The highest BCUT2D eigenvalue weighted by Gasteiger charge is 1.99. The topological polar surface area (TPSA) is 25.8 Å². The van der Waals surface area contributed by atoms with E-state index in [1.807, 2.05) is 39.0 Å². The van der Waals surface area contributed by atoms with Crippen molar-refractivity contribution >= 4 is 21.8 Å². The number of pyridine rings is 2. The fraction of sp³-hybridized carbons (Fsp3) is 0.217. The molecule has 0 fully saturated rings. The summed E-state index contributed by atoms with van der Waals surface area (Å²) in [6.07, 6.45) is 0. The van der Waals surface area contributed by atoms with Gasteiger partial charge in [0, 0.05) is 22.2 Å². The maximum atomic E-state index is 7.74. The first-order chi connectivity index (χ1) is 12.3. The molecule has 0 aliphatic rings. The molecule has 2 aromatic heterocycles. The van der Waals surface area contributed by atoms with Crippen molar-refractivity contribution in [1.82, 2.24) is 9.97 Å². The van der Waals surface area contributed by atoms with E-state index in [4.69, 9.17) is 1.37 Å². The fourth-order valence-electron chi connectivity index (χ4n) is 2.94. The van der Waals surface area contributed by atoms with Crippen molar-refractivity contribution in [2.24, 2.45) is 0 Å². The summed E-state index contributed by atoms with van der Waals surface area (Å²) < 4.78 is 7.74. The second-order valence-corrected chi connectivity index (χ2v) is 6.66. The molecule has 0 unspecified atom stereocenters. The Morgan fingerprint density at radius 3 is 2.08 bits per heavy atom. The van der Waals surface area contributed by atoms with Crippen LogP contribution in [0, 0.1) is 34.6 Å². The summed E-state index contributed by atoms with van der Waals surface area (Å²) in [7, 11) is 0. The molecule has 2 heterocycles. The lowest BCUT2D eigenvalue weighted by molar-refractivity contribution is 1.23. The van der Waals surface area contributed by atoms with Gasteiger partial charge < -0.3 is 0 Å². The highest BCUT2D eigenvalue weighted by molar-refractivity contribution is 5.82. The van der Waals surface area contributed by atoms with Crippen LogP contribution in [0.1, 0.15) is 29.4 Å². The second-order valence-electron chi connectivity index (χ2n) is 6.66. The van der Waals surface area contributed by atoms with Gasteiger partial charge in [0.2, 0.25) is 0 Å². The molecule has 0 saturated heterocycles. The summed E-state index contributed by atoms with van der Waals surface area (Å²) in [6.45, 7) is 10.2. The van der Waals surface area contributed by atoms with Crippen LogP contribution >= 0.6 is 0 Å². The van der Waals surface area contributed by atoms with E-state index in [-0.39, 0.29) is 0 Å². The van der Waals surface area contributed by atoms with Crippen LogP contribution in [0.5, 0.6) is 0 Å². The molecular formula is C23H24N2. The molecule has 4 rings (SSSR count). The summed E-state index contributed by atoms with van der Waals surface area (Å²) in [5.74, 6) is 0. The molecule has 4 aromatic rings. The number of aromatic nitrogens is 2. The number of nitrogens with zero attached hydrogens (tertiary/aromatic N) is 2. The molecule has 126 valence electrons. The molecule has 2 nitrogen and oxygen atoms in total. The van der Waals surface area contributed by atoms with Crippen LogP contribution in [-0.2, 0) is 0 Å². The van der Waals surface area contributed by atoms with Gasteiger partial charge >= 0.3 is 0 Å². The van der Waals surface area contributed by atoms with E-state index >= 15 is 0 Å². The van der Waals surface area contributed by atoms with Crippen LogP contribution in [0.4, 0.5) is 0 Å². The van der Waals surface area contributed by atoms with Crippen LogP contribution in [0.15, 0.2) is 54.6 Å². The number of hydrogen-bond donors (Lipinski definition) is 0. The number of aryl methyl sites for hydroxylation is 5. The Hall–Kier alpha value is -2.74. The summed E-state index contributed by atoms with van der Waals surface area (Å²) in [4.78, 5) is 8.87. The molecule has 0 N–H and O–H groups in total. The first-order valence-electron chi connectivity index (χ1n) is 9.03. The smallest absolute Gasteiger partial charge is 0.0710 e. The fourth-order valence-corrected chi connectivity index (χ4v) is 2.94. The largest absolute Gasteiger partial charge is 0.253 e. The molecule has 0 spiro atoms. The van der Waals surface area contributed by atoms with Crippen molar-refractivity contribution in [3.63, 3.8) is 0 Å². The zero-order valence-corrected chi connectivity index (χ0v) is 15.5. The third-order valence-corrected chi connectivity index (χ3v) is 4.19. The third-order valence-electron chi connectivity index (χ3n) is 4.19. The zero-order chi connectivity index (χ0) is 18.8. The van der Waals surface area contributed by atoms with Crippen molar-refractivity contribution in [3.8, 4) is 0 Å². The Bertz CT molecular complexity index is 1000. The molecule has 25 heavy (non-hydrogen) atoms. The van der Waals surface area contributed by atoms with Gasteiger partial charge in [-0.3, -0.25) is 9.97 Å². The molecule has 0 saturated carbocycles. The molecule has 2 aromatic carbocycles. The van der Waals surface area contributed by atoms with Crippen molar-refractivity contribution < 1.29 is 1.37 Å². The van der Waals surface area contributed by atoms with Gasteiger partial charge in [-0.05, 0) is 75.6 Å². The second kappa shape index (κ2) is 7.02. The summed E-state index contributed by atoms with van der Waals surface area (Å²) >= 11 is 0. The van der Waals surface area contributed by atoms with E-state index < -0.39 is 0 Å². The summed E-state index contributed by atoms with van der Waals surface area (Å²) in [5.41, 5.74) is 7.79. The van der Waals surface area contributed by atoms with Crippen molar-refractivity contribution in [3.05, 3.63) is 82.7 Å². The monoisotopic (exact) mass is 329 g/mol. The highest BCUT2D eigenvalue weighted by Crippen LogP contribution is 2.18. The van der Waals surface area contributed by atoms with E-state index in [1.54, 1.807) is 6.07 Å². The van der Waals surface area contributed by atoms with Crippen LogP contribution in [0.3, 0.4) is 0 Å². The predicted molar refractivity (Wildman–Crippen MR) is 107 cm³/mol. The van der Waals surface area contributed by atoms with E-state index in [9.17, 15) is 0 Å². The van der Waals surface area contributed by atoms with E-state index in [0.717, 1.165) is 27.8 Å². The zero-order valence-electron chi connectivity index (χ0n) is 16.5. The minimum absolute atomic E-state index is 0.558. The van der Waals surface area contributed by atoms with Gasteiger partial charge in [0.25, 0.3) is 0 Å². The molecule has 2 heteroatoms. The van der Waals surface area contributed by atoms with Gasteiger partial charge in [-0.25, -0.2) is 0 Å². The van der Waals surface area contributed by atoms with Crippen LogP contribution in [-0.4, -0.2) is 9.97 Å². The molecule has 0 aliphatic heterocycles. The van der Waals surface area contributed by atoms with Crippen LogP contribution in [0.25, 0.3) is 21.8 Å². The maximum Gasteiger partial charge on any atom is 0.0710 e. The standard InChI is InChI=1S/C12H13N.C11H11N/c1-8-4-5-11-9(2)7-10(3)13-12(11)6-8;1-8-3-5-10-6-4-9(2)12-11(10)7-8/h4-7H,1-3H3;3-7H,1-2H3/i;6D. The molecule has 0 atom stereocenters. The lowest BCUT2D eigenvalue weighted by atomic mass is 10.1. The van der Waals surface area contributed by atoms with Gasteiger partial charge in [0.15, 0.2) is 0 Å². The van der Waals surface area contributed by atoms with E-state index in [1.165, 1.54) is 22.1 Å². The molecule has 0 amide bonds. The van der Waals surface area contributed by atoms with Gasteiger partial charge in [0.05, 0.1) is 12.4 Å². The minimum Gasteiger partial charge on any atom is -0.253 e. The quantitative estimate of drug-likeness (QED) is 0.395. The molecule has 0 bridgehead atoms. The lowest BCUT2D eigenvalue weighted by Gasteiger charge is -2.03. The van der Waals surface area contributed by atoms with Gasteiger partial charge in [-0.1, -0.05) is 30.3 Å². The first kappa shape index (κ1) is 15.8. The first-order valence-corrected chi connectivity index (χ1v) is 8.53. The number of hydrogen-bond acceptors (Lipinski definition) is 2. The van der Waals surface area contributed by atoms with Crippen LogP contribution < -0.4 is 0 Å². The summed E-state index contributed by atoms with van der Waals surface area (Å²) in [5, 5.41) is 2.19. The van der Waals surface area contributed by atoms with E-state index in [0.29, 0.717) is 6.04 Å². The Morgan fingerprint density at radius 1 is 0.680 bits per heavy atom. The molecule has 0 radical (unpaired) electrons. The van der Waals surface area contributed by atoms with Crippen molar-refractivity contribution in [2.75, 3.05) is 0 Å². The Balaban J connectivity index is 0.000000151. The van der Waals surface area contributed by atoms with E-state index in [2.05, 4.69) is 48.1 Å². The predicted octanol–water partition coefficient (Wildman–Crippen LogP) is 6.01. The van der Waals surface area contributed by atoms with Gasteiger partial charge in [0.1, 0.15) is 0 Å². The highest BCUT2D eigenvalue weighted by atomic mass is 14.7. The normalized spacial score (nSPS) is 11.2. The summed E-state index contributed by atoms with van der Waals surface area (Å²) in [6, 6.07) is 16.9. The third kappa shape index (κ3) is 4.03. The minimum atomic E-state index is 0.558. The maximum absolute atomic E-state index is 7.74. The SMILES string of the molecule is Cc1ccc2c(C)cc(C)nc2c1.[2H]c1cc(C)nc2cc(C)ccc12. The Morgan fingerprint density at radius 2 is 1.32 bits per heavy atom. The van der Waals surface area contributed by atoms with Gasteiger partial charge in [-0.15, -0.1) is 0 Å². The number of rotatable bonds is 0. The number of benzene rings is 2. The van der Waals surface area contributed by atoms with Crippen molar-refractivity contribution in [1.29, 1.82) is 0 Å².